The summed E-state index contributed by atoms with van der Waals surface area (Å²) in [6.07, 6.45) is -3.64. The molecule has 0 saturated heterocycles. The molecular weight excluding hydrogens is 329 g/mol. The van der Waals surface area contributed by atoms with Crippen molar-refractivity contribution in [1.82, 2.24) is 0 Å². The minimum Gasteiger partial charge on any atom is -0.381 e. The molecule has 0 aliphatic rings. The standard InChI is InChI=1S/C19H19F3N2O/c1-2-9-25-13-16-6-4-3-5-15(16)12-24-17-8-7-14(11-23)18(10-17)19(20,21)22/h3-8,10,24H,2,9,12-13H2,1H3. The molecule has 0 amide bonds. The number of hydrogen-bond donors (Lipinski definition) is 1. The zero-order valence-electron chi connectivity index (χ0n) is 13.9. The molecule has 0 heterocycles. The minimum atomic E-state index is -4.56. The number of anilines is 1. The quantitative estimate of drug-likeness (QED) is 0.707. The number of hydrogen-bond acceptors (Lipinski definition) is 3. The third-order valence-corrected chi connectivity index (χ3v) is 3.65. The van der Waals surface area contributed by atoms with E-state index in [9.17, 15) is 13.2 Å². The first-order chi connectivity index (χ1) is 12.0. The average molecular weight is 348 g/mol. The number of alkyl halides is 3. The van der Waals surface area contributed by atoms with Gasteiger partial charge in [0.15, 0.2) is 0 Å². The lowest BCUT2D eigenvalue weighted by Gasteiger charge is -2.14. The molecule has 0 aromatic heterocycles. The van der Waals surface area contributed by atoms with Gasteiger partial charge in [-0.25, -0.2) is 0 Å². The molecule has 0 saturated carbocycles. The van der Waals surface area contributed by atoms with Crippen LogP contribution in [0, 0.1) is 11.3 Å². The van der Waals surface area contributed by atoms with E-state index >= 15 is 0 Å². The first-order valence-electron chi connectivity index (χ1n) is 7.95. The zero-order chi connectivity index (χ0) is 18.3. The fourth-order valence-corrected chi connectivity index (χ4v) is 2.38. The Labute approximate surface area is 145 Å². The van der Waals surface area contributed by atoms with Crippen LogP contribution in [0.1, 0.15) is 35.6 Å². The van der Waals surface area contributed by atoms with Gasteiger partial charge in [0.1, 0.15) is 0 Å². The highest BCUT2D eigenvalue weighted by molar-refractivity contribution is 5.53. The third-order valence-electron chi connectivity index (χ3n) is 3.65. The van der Waals surface area contributed by atoms with Gasteiger partial charge in [-0.2, -0.15) is 18.4 Å². The normalized spacial score (nSPS) is 11.2. The van der Waals surface area contributed by atoms with E-state index in [1.807, 2.05) is 31.2 Å². The van der Waals surface area contributed by atoms with E-state index in [1.165, 1.54) is 12.1 Å². The second kappa shape index (κ2) is 8.54. The summed E-state index contributed by atoms with van der Waals surface area (Å²) < 4.78 is 44.6. The molecule has 2 aromatic rings. The number of benzene rings is 2. The Kier molecular flexibility index (Phi) is 6.43. The number of nitrogens with zero attached hydrogens (tertiary/aromatic N) is 1. The summed E-state index contributed by atoms with van der Waals surface area (Å²) in [6.45, 7) is 3.52. The van der Waals surface area contributed by atoms with Crippen LogP contribution in [0.5, 0.6) is 0 Å². The summed E-state index contributed by atoms with van der Waals surface area (Å²) in [4.78, 5) is 0. The smallest absolute Gasteiger partial charge is 0.381 e. The van der Waals surface area contributed by atoms with Crippen LogP contribution in [-0.4, -0.2) is 6.61 Å². The maximum atomic E-state index is 13.0. The van der Waals surface area contributed by atoms with Crippen molar-refractivity contribution in [3.05, 3.63) is 64.7 Å². The predicted octanol–water partition coefficient (Wildman–Crippen LogP) is 5.12. The average Bonchev–Trinajstić information content (AvgIpc) is 2.60. The van der Waals surface area contributed by atoms with Crippen molar-refractivity contribution < 1.29 is 17.9 Å². The second-order valence-corrected chi connectivity index (χ2v) is 5.54. The Morgan fingerprint density at radius 3 is 2.48 bits per heavy atom. The summed E-state index contributed by atoms with van der Waals surface area (Å²) in [7, 11) is 0. The first kappa shape index (κ1) is 18.8. The molecule has 0 aliphatic carbocycles. The first-order valence-corrected chi connectivity index (χ1v) is 7.95. The fourth-order valence-electron chi connectivity index (χ4n) is 2.38. The van der Waals surface area contributed by atoms with Crippen LogP contribution in [-0.2, 0) is 24.1 Å². The van der Waals surface area contributed by atoms with Gasteiger partial charge in [0, 0.05) is 18.8 Å². The number of nitrogens with one attached hydrogen (secondary N) is 1. The molecule has 3 nitrogen and oxygen atoms in total. The maximum Gasteiger partial charge on any atom is 0.417 e. The van der Waals surface area contributed by atoms with Gasteiger partial charge >= 0.3 is 6.18 Å². The van der Waals surface area contributed by atoms with Gasteiger partial charge < -0.3 is 10.1 Å². The van der Waals surface area contributed by atoms with Crippen LogP contribution in [0.25, 0.3) is 0 Å². The SMILES string of the molecule is CCCOCc1ccccc1CNc1ccc(C#N)c(C(F)(F)F)c1. The van der Waals surface area contributed by atoms with E-state index in [-0.39, 0.29) is 5.56 Å². The molecule has 0 spiro atoms. The van der Waals surface area contributed by atoms with E-state index in [1.54, 1.807) is 6.07 Å². The van der Waals surface area contributed by atoms with Gasteiger partial charge in [-0.3, -0.25) is 0 Å². The van der Waals surface area contributed by atoms with E-state index in [4.69, 9.17) is 10.00 Å². The molecule has 0 atom stereocenters. The van der Waals surface area contributed by atoms with Gasteiger partial charge in [-0.1, -0.05) is 31.2 Å². The van der Waals surface area contributed by atoms with E-state index < -0.39 is 11.7 Å². The Balaban J connectivity index is 2.13. The molecule has 2 aromatic carbocycles. The lowest BCUT2D eigenvalue weighted by atomic mass is 10.1. The minimum absolute atomic E-state index is 0.315. The number of nitriles is 1. The molecule has 25 heavy (non-hydrogen) atoms. The molecular formula is C19H19F3N2O. The molecule has 0 bridgehead atoms. The summed E-state index contributed by atoms with van der Waals surface area (Å²) >= 11 is 0. The van der Waals surface area contributed by atoms with Gasteiger partial charge in [-0.15, -0.1) is 0 Å². The molecule has 0 radical (unpaired) electrons. The van der Waals surface area contributed by atoms with Crippen molar-refractivity contribution >= 4 is 5.69 Å². The monoisotopic (exact) mass is 348 g/mol. The summed E-state index contributed by atoms with van der Waals surface area (Å²) in [6, 6.07) is 12.8. The number of halogens is 3. The highest BCUT2D eigenvalue weighted by atomic mass is 19.4. The Bertz CT molecular complexity index is 751. The summed E-state index contributed by atoms with van der Waals surface area (Å²) in [5, 5.41) is 11.8. The zero-order valence-corrected chi connectivity index (χ0v) is 13.9. The number of ether oxygens (including phenoxy) is 1. The van der Waals surface area contributed by atoms with Crippen LogP contribution in [0.15, 0.2) is 42.5 Å². The third kappa shape index (κ3) is 5.23. The van der Waals surface area contributed by atoms with Crippen LogP contribution >= 0.6 is 0 Å². The van der Waals surface area contributed by atoms with Crippen molar-refractivity contribution in [2.24, 2.45) is 0 Å². The molecule has 132 valence electrons. The fraction of sp³-hybridized carbons (Fsp3) is 0.316. The van der Waals surface area contributed by atoms with Gasteiger partial charge in [0.05, 0.1) is 23.8 Å². The van der Waals surface area contributed by atoms with Crippen molar-refractivity contribution in [2.75, 3.05) is 11.9 Å². The van der Waals surface area contributed by atoms with Gasteiger partial charge in [0.2, 0.25) is 0 Å². The van der Waals surface area contributed by atoms with Crippen LogP contribution in [0.3, 0.4) is 0 Å². The highest BCUT2D eigenvalue weighted by Crippen LogP contribution is 2.33. The largest absolute Gasteiger partial charge is 0.417 e. The van der Waals surface area contributed by atoms with Crippen LogP contribution in [0.4, 0.5) is 18.9 Å². The van der Waals surface area contributed by atoms with E-state index in [0.29, 0.717) is 25.4 Å². The van der Waals surface area contributed by atoms with Gasteiger partial charge in [-0.05, 0) is 35.7 Å². The Morgan fingerprint density at radius 2 is 1.84 bits per heavy atom. The van der Waals surface area contributed by atoms with Crippen molar-refractivity contribution in [1.29, 1.82) is 5.26 Å². The van der Waals surface area contributed by atoms with Crippen molar-refractivity contribution in [2.45, 2.75) is 32.7 Å². The highest BCUT2D eigenvalue weighted by Gasteiger charge is 2.33. The molecule has 0 aliphatic heterocycles. The molecule has 6 heteroatoms. The molecule has 2 rings (SSSR count). The maximum absolute atomic E-state index is 13.0. The van der Waals surface area contributed by atoms with E-state index in [0.717, 1.165) is 23.6 Å². The number of rotatable bonds is 7. The molecule has 1 N–H and O–H groups in total. The van der Waals surface area contributed by atoms with Crippen LogP contribution < -0.4 is 5.32 Å². The van der Waals surface area contributed by atoms with Crippen molar-refractivity contribution in [3.8, 4) is 6.07 Å². The van der Waals surface area contributed by atoms with Crippen LogP contribution in [0.2, 0.25) is 0 Å². The summed E-state index contributed by atoms with van der Waals surface area (Å²) in [5.41, 5.74) is 0.950. The Hall–Kier alpha value is -2.52. The topological polar surface area (TPSA) is 45.0 Å². The molecule has 0 fully saturated rings. The Morgan fingerprint density at radius 1 is 1.12 bits per heavy atom. The summed E-state index contributed by atoms with van der Waals surface area (Å²) in [5.74, 6) is 0. The molecule has 0 unspecified atom stereocenters. The predicted molar refractivity (Wildman–Crippen MR) is 89.9 cm³/mol. The lowest BCUT2D eigenvalue weighted by Crippen LogP contribution is -2.10. The van der Waals surface area contributed by atoms with Crippen molar-refractivity contribution in [3.63, 3.8) is 0 Å². The second-order valence-electron chi connectivity index (χ2n) is 5.54. The van der Waals surface area contributed by atoms with E-state index in [2.05, 4.69) is 5.32 Å². The lowest BCUT2D eigenvalue weighted by molar-refractivity contribution is -0.137. The van der Waals surface area contributed by atoms with Gasteiger partial charge in [0.25, 0.3) is 0 Å².